The minimum atomic E-state index is 0.821. The van der Waals surface area contributed by atoms with E-state index < -0.39 is 0 Å². The molecule has 1 heteroatoms. The van der Waals surface area contributed by atoms with Crippen molar-refractivity contribution in [2.45, 2.75) is 51.5 Å². The number of hydrogen-bond acceptors (Lipinski definition) is 1. The molecule has 1 aromatic rings. The van der Waals surface area contributed by atoms with Crippen LogP contribution in [0.3, 0.4) is 0 Å². The van der Waals surface area contributed by atoms with Crippen LogP contribution < -0.4 is 5.32 Å². The number of rotatable bonds is 4. The molecule has 1 nitrogen and oxygen atoms in total. The molecule has 1 N–H and O–H groups in total. The molecule has 0 heterocycles. The number of aryl methyl sites for hydroxylation is 2. The fraction of sp³-hybridized carbons (Fsp3) is 0.625. The summed E-state index contributed by atoms with van der Waals surface area (Å²) in [4.78, 5) is 0. The van der Waals surface area contributed by atoms with Crippen molar-refractivity contribution >= 4 is 0 Å². The maximum atomic E-state index is 3.69. The van der Waals surface area contributed by atoms with E-state index in [0.29, 0.717) is 0 Å². The van der Waals surface area contributed by atoms with Gasteiger partial charge in [0.15, 0.2) is 0 Å². The molecule has 0 aromatic heterocycles. The van der Waals surface area contributed by atoms with E-state index in [-0.39, 0.29) is 0 Å². The zero-order valence-corrected chi connectivity index (χ0v) is 11.0. The normalized spacial score (nSPS) is 27.9. The van der Waals surface area contributed by atoms with E-state index in [1.165, 1.54) is 43.4 Å². The van der Waals surface area contributed by atoms with Gasteiger partial charge in [0, 0.05) is 6.04 Å². The molecule has 0 amide bonds. The second kappa shape index (κ2) is 4.45. The summed E-state index contributed by atoms with van der Waals surface area (Å²) in [5.41, 5.74) is 4.50. The molecular weight excluding hydrogens is 206 g/mol. The molecule has 92 valence electrons. The molecule has 2 unspecified atom stereocenters. The monoisotopic (exact) mass is 229 g/mol. The zero-order valence-electron chi connectivity index (χ0n) is 11.0. The van der Waals surface area contributed by atoms with Crippen molar-refractivity contribution in [1.29, 1.82) is 0 Å². The van der Waals surface area contributed by atoms with Crippen molar-refractivity contribution in [3.63, 3.8) is 0 Å². The fourth-order valence-electron chi connectivity index (χ4n) is 2.99. The van der Waals surface area contributed by atoms with Crippen molar-refractivity contribution in [1.82, 2.24) is 5.32 Å². The van der Waals surface area contributed by atoms with Crippen LogP contribution >= 0.6 is 0 Å². The highest BCUT2D eigenvalue weighted by atomic mass is 14.9. The summed E-state index contributed by atoms with van der Waals surface area (Å²) in [5.74, 6) is 1.71. The van der Waals surface area contributed by atoms with Crippen LogP contribution in [-0.4, -0.2) is 12.6 Å². The first-order valence-corrected chi connectivity index (χ1v) is 7.04. The SMILES string of the molecule is Cc1ccc(C)c(C2CCC2CNC2CC2)c1. The van der Waals surface area contributed by atoms with Gasteiger partial charge in [-0.25, -0.2) is 0 Å². The maximum Gasteiger partial charge on any atom is 0.00683 e. The lowest BCUT2D eigenvalue weighted by atomic mass is 9.69. The summed E-state index contributed by atoms with van der Waals surface area (Å²) in [7, 11) is 0. The molecule has 2 fully saturated rings. The van der Waals surface area contributed by atoms with Crippen LogP contribution in [0.5, 0.6) is 0 Å². The molecule has 2 saturated carbocycles. The van der Waals surface area contributed by atoms with Gasteiger partial charge >= 0.3 is 0 Å². The van der Waals surface area contributed by atoms with Crippen LogP contribution in [0.25, 0.3) is 0 Å². The Bertz CT molecular complexity index is 406. The highest BCUT2D eigenvalue weighted by Crippen LogP contribution is 2.43. The third-order valence-electron chi connectivity index (χ3n) is 4.50. The lowest BCUT2D eigenvalue weighted by molar-refractivity contribution is 0.244. The Balaban J connectivity index is 1.67. The standard InChI is InChI=1S/C16H23N/c1-11-3-4-12(2)16(9-11)15-8-5-13(15)10-17-14-6-7-14/h3-4,9,13-15,17H,5-8,10H2,1-2H3. The summed E-state index contributed by atoms with van der Waals surface area (Å²) < 4.78 is 0. The van der Waals surface area contributed by atoms with E-state index in [1.54, 1.807) is 5.56 Å². The Morgan fingerprint density at radius 2 is 1.94 bits per heavy atom. The van der Waals surface area contributed by atoms with Gasteiger partial charge in [0.25, 0.3) is 0 Å². The third-order valence-corrected chi connectivity index (χ3v) is 4.50. The van der Waals surface area contributed by atoms with Gasteiger partial charge in [-0.2, -0.15) is 0 Å². The summed E-state index contributed by atoms with van der Waals surface area (Å²) >= 11 is 0. The molecular formula is C16H23N. The minimum Gasteiger partial charge on any atom is -0.314 e. The van der Waals surface area contributed by atoms with Crippen molar-refractivity contribution in [2.24, 2.45) is 5.92 Å². The Labute approximate surface area is 105 Å². The van der Waals surface area contributed by atoms with Gasteiger partial charge in [-0.3, -0.25) is 0 Å². The van der Waals surface area contributed by atoms with Crippen LogP contribution in [0.2, 0.25) is 0 Å². The first-order valence-electron chi connectivity index (χ1n) is 7.04. The number of hydrogen-bond donors (Lipinski definition) is 1. The molecule has 0 radical (unpaired) electrons. The average molecular weight is 229 g/mol. The Morgan fingerprint density at radius 1 is 1.12 bits per heavy atom. The predicted octanol–water partition coefficient (Wildman–Crippen LogP) is 3.55. The molecule has 0 aliphatic heterocycles. The van der Waals surface area contributed by atoms with Gasteiger partial charge in [-0.15, -0.1) is 0 Å². The van der Waals surface area contributed by atoms with Crippen LogP contribution in [0.1, 0.15) is 48.3 Å². The molecule has 3 rings (SSSR count). The van der Waals surface area contributed by atoms with Crippen LogP contribution in [0, 0.1) is 19.8 Å². The molecule has 1 aromatic carbocycles. The van der Waals surface area contributed by atoms with Crippen molar-refractivity contribution < 1.29 is 0 Å². The molecule has 0 saturated heterocycles. The fourth-order valence-corrected chi connectivity index (χ4v) is 2.99. The van der Waals surface area contributed by atoms with Crippen molar-refractivity contribution in [3.8, 4) is 0 Å². The van der Waals surface area contributed by atoms with Crippen LogP contribution in [-0.2, 0) is 0 Å². The lowest BCUT2D eigenvalue weighted by Crippen LogP contribution is -2.35. The smallest absolute Gasteiger partial charge is 0.00683 e. The second-order valence-electron chi connectivity index (χ2n) is 5.99. The van der Waals surface area contributed by atoms with E-state index in [9.17, 15) is 0 Å². The minimum absolute atomic E-state index is 0.821. The summed E-state index contributed by atoms with van der Waals surface area (Å²) in [5, 5.41) is 3.69. The Hall–Kier alpha value is -0.820. The predicted molar refractivity (Wildman–Crippen MR) is 72.4 cm³/mol. The lowest BCUT2D eigenvalue weighted by Gasteiger charge is -2.38. The molecule has 2 aliphatic carbocycles. The largest absolute Gasteiger partial charge is 0.314 e. The average Bonchev–Trinajstić information content (AvgIpc) is 3.06. The van der Waals surface area contributed by atoms with Gasteiger partial charge in [0.2, 0.25) is 0 Å². The van der Waals surface area contributed by atoms with Crippen molar-refractivity contribution in [3.05, 3.63) is 34.9 Å². The van der Waals surface area contributed by atoms with Gasteiger partial charge in [0.1, 0.15) is 0 Å². The molecule has 2 aliphatic rings. The Kier molecular flexibility index (Phi) is 2.96. The molecule has 2 atom stereocenters. The third kappa shape index (κ3) is 2.40. The van der Waals surface area contributed by atoms with E-state index in [0.717, 1.165) is 17.9 Å². The topological polar surface area (TPSA) is 12.0 Å². The number of benzene rings is 1. The van der Waals surface area contributed by atoms with Crippen molar-refractivity contribution in [2.75, 3.05) is 6.54 Å². The molecule has 0 spiro atoms. The molecule has 0 bridgehead atoms. The van der Waals surface area contributed by atoms with Gasteiger partial charge in [0.05, 0.1) is 0 Å². The van der Waals surface area contributed by atoms with E-state index >= 15 is 0 Å². The van der Waals surface area contributed by atoms with Gasteiger partial charge < -0.3 is 5.32 Å². The highest BCUT2D eigenvalue weighted by molar-refractivity contribution is 5.35. The second-order valence-corrected chi connectivity index (χ2v) is 5.99. The quantitative estimate of drug-likeness (QED) is 0.832. The Morgan fingerprint density at radius 3 is 2.59 bits per heavy atom. The van der Waals surface area contributed by atoms with E-state index in [4.69, 9.17) is 0 Å². The molecule has 17 heavy (non-hydrogen) atoms. The van der Waals surface area contributed by atoms with Crippen LogP contribution in [0.15, 0.2) is 18.2 Å². The van der Waals surface area contributed by atoms with Crippen LogP contribution in [0.4, 0.5) is 0 Å². The first-order chi connectivity index (χ1) is 8.24. The zero-order chi connectivity index (χ0) is 11.8. The maximum absolute atomic E-state index is 3.69. The van der Waals surface area contributed by atoms with Gasteiger partial charge in [-0.05, 0) is 69.0 Å². The number of nitrogens with one attached hydrogen (secondary N) is 1. The van der Waals surface area contributed by atoms with E-state index in [1.807, 2.05) is 0 Å². The van der Waals surface area contributed by atoms with E-state index in [2.05, 4.69) is 37.4 Å². The highest BCUT2D eigenvalue weighted by Gasteiger charge is 2.34. The van der Waals surface area contributed by atoms with Gasteiger partial charge in [-0.1, -0.05) is 23.8 Å². The summed E-state index contributed by atoms with van der Waals surface area (Å²) in [6.45, 7) is 5.71. The first kappa shape index (κ1) is 11.3. The summed E-state index contributed by atoms with van der Waals surface area (Å²) in [6, 6.07) is 7.78. The summed E-state index contributed by atoms with van der Waals surface area (Å²) in [6.07, 6.45) is 5.61.